The number of aromatic hydroxyl groups is 1. The van der Waals surface area contributed by atoms with Gasteiger partial charge in [0.1, 0.15) is 35.2 Å². The fraction of sp³-hybridized carbons (Fsp3) is 0.297. The number of carbonyl (C=O) groups is 3. The van der Waals surface area contributed by atoms with E-state index in [-0.39, 0.29) is 39.4 Å². The number of methoxy groups -OCH3 is 1. The summed E-state index contributed by atoms with van der Waals surface area (Å²) in [4.78, 5) is 47.7. The van der Waals surface area contributed by atoms with Crippen LogP contribution in [0.1, 0.15) is 77.7 Å². The zero-order valence-electron chi connectivity index (χ0n) is 27.7. The van der Waals surface area contributed by atoms with E-state index in [0.29, 0.717) is 29.2 Å². The van der Waals surface area contributed by atoms with E-state index < -0.39 is 34.9 Å². The third-order valence-corrected chi connectivity index (χ3v) is 8.68. The number of unbranched alkanes of at least 4 members (excludes halogenated alkanes) is 2. The van der Waals surface area contributed by atoms with Crippen molar-refractivity contribution < 1.29 is 52.7 Å². The molecule has 0 saturated carbocycles. The number of aliphatic hydroxyl groups is 1. The number of phenols is 1. The zero-order valence-corrected chi connectivity index (χ0v) is 28.6. The summed E-state index contributed by atoms with van der Waals surface area (Å²) < 4.78 is 26.1. The van der Waals surface area contributed by atoms with E-state index in [1.807, 2.05) is 19.1 Å². The number of carboxylic acid groups (broad SMARTS) is 1. The molecule has 50 heavy (non-hydrogen) atoms. The predicted octanol–water partition coefficient (Wildman–Crippen LogP) is 7.65. The zero-order chi connectivity index (χ0) is 36.2. The minimum atomic E-state index is -1.63. The number of hydrogen-bond donors (Lipinski definition) is 3. The maximum Gasteiger partial charge on any atom is 0.513 e. The number of carbonyl (C=O) groups excluding carboxylic acids is 2. The molecule has 4 rings (SSSR count). The number of fused-ring (bicyclic) bond motifs is 1. The molecule has 0 aliphatic rings. The van der Waals surface area contributed by atoms with Gasteiger partial charge in [0.25, 0.3) is 5.95 Å². The Morgan fingerprint density at radius 1 is 1.06 bits per heavy atom. The average Bonchev–Trinajstić information content (AvgIpc) is 3.57. The number of Topliss-reactive ketones (excluding diaryl/α,β-unsaturated/α-hetero) is 1. The van der Waals surface area contributed by atoms with Crippen LogP contribution in [-0.4, -0.2) is 52.2 Å². The first-order valence-corrected chi connectivity index (χ1v) is 16.7. The molecule has 0 aliphatic heterocycles. The van der Waals surface area contributed by atoms with Crippen LogP contribution in [-0.2, 0) is 11.2 Å². The number of aliphatic hydroxyl groups excluding tert-OH is 1. The van der Waals surface area contributed by atoms with Crippen molar-refractivity contribution in [3.8, 4) is 17.4 Å². The molecule has 0 unspecified atom stereocenters. The summed E-state index contributed by atoms with van der Waals surface area (Å²) in [5.74, 6) is -0.599. The lowest BCUT2D eigenvalue weighted by molar-refractivity contribution is 0.0599. The van der Waals surface area contributed by atoms with Crippen molar-refractivity contribution in [2.45, 2.75) is 62.2 Å². The van der Waals surface area contributed by atoms with Gasteiger partial charge in [-0.25, -0.2) is 9.59 Å². The highest BCUT2D eigenvalue weighted by Crippen LogP contribution is 2.36. The van der Waals surface area contributed by atoms with Crippen LogP contribution in [0.2, 0.25) is 0 Å². The van der Waals surface area contributed by atoms with Crippen LogP contribution in [0.25, 0.3) is 11.0 Å². The monoisotopic (exact) mass is 706 g/mol. The van der Waals surface area contributed by atoms with Crippen LogP contribution in [0.15, 0.2) is 91.6 Å². The van der Waals surface area contributed by atoms with Gasteiger partial charge in [-0.05, 0) is 69.0 Å². The Hall–Kier alpha value is -5.27. The van der Waals surface area contributed by atoms with Crippen LogP contribution >= 0.6 is 11.8 Å². The van der Waals surface area contributed by atoms with Crippen molar-refractivity contribution in [2.24, 2.45) is 0 Å². The molecular formula is C37H38O12S. The molecule has 0 radical (unpaired) electrons. The van der Waals surface area contributed by atoms with E-state index in [1.165, 1.54) is 50.3 Å². The first-order valence-electron chi connectivity index (χ1n) is 15.8. The topological polar surface area (TPSA) is 183 Å². The van der Waals surface area contributed by atoms with E-state index in [1.54, 1.807) is 30.4 Å². The Kier molecular flexibility index (Phi) is 13.5. The van der Waals surface area contributed by atoms with Gasteiger partial charge in [0.05, 0.1) is 41.5 Å². The SMILES string of the molecule is CCCc1c(OCCCC/C=C\C=C\[C@H](Sc2ccc3c(=O)cc(OC(=O)O)oc3c2)[C@H](O)c2cc(C(=O)OC)co2)ccc(C(C)=O)c1O. The molecule has 2 aromatic heterocycles. The largest absolute Gasteiger partial charge is 0.513 e. The number of thioether (sulfide) groups is 1. The number of ether oxygens (including phenoxy) is 3. The van der Waals surface area contributed by atoms with Gasteiger partial charge < -0.3 is 38.4 Å². The summed E-state index contributed by atoms with van der Waals surface area (Å²) in [6.07, 6.45) is 9.42. The van der Waals surface area contributed by atoms with Crippen molar-refractivity contribution in [3.05, 3.63) is 106 Å². The van der Waals surface area contributed by atoms with E-state index in [9.17, 15) is 29.4 Å². The molecule has 0 aliphatic carbocycles. The van der Waals surface area contributed by atoms with E-state index in [2.05, 4.69) is 4.74 Å². The molecule has 13 heteroatoms. The van der Waals surface area contributed by atoms with Gasteiger partial charge >= 0.3 is 12.1 Å². The first kappa shape index (κ1) is 37.5. The van der Waals surface area contributed by atoms with E-state index in [0.717, 1.165) is 31.7 Å². The third-order valence-electron chi connectivity index (χ3n) is 7.47. The number of hydrogen-bond acceptors (Lipinski definition) is 12. The maximum absolute atomic E-state index is 12.4. The van der Waals surface area contributed by atoms with Gasteiger partial charge in [0.15, 0.2) is 11.2 Å². The molecule has 4 aromatic rings. The second kappa shape index (κ2) is 17.9. The highest BCUT2D eigenvalue weighted by atomic mass is 32.2. The molecule has 2 aromatic carbocycles. The molecule has 3 N–H and O–H groups in total. The Morgan fingerprint density at radius 3 is 2.58 bits per heavy atom. The van der Waals surface area contributed by atoms with Crippen molar-refractivity contribution in [2.75, 3.05) is 13.7 Å². The van der Waals surface area contributed by atoms with Crippen molar-refractivity contribution in [1.82, 2.24) is 0 Å². The van der Waals surface area contributed by atoms with Gasteiger partial charge in [0.2, 0.25) is 0 Å². The number of benzene rings is 2. The molecule has 2 heterocycles. The maximum atomic E-state index is 12.4. The molecule has 2 atom stereocenters. The molecule has 0 saturated heterocycles. The van der Waals surface area contributed by atoms with Crippen LogP contribution in [0, 0.1) is 0 Å². The normalized spacial score (nSPS) is 12.7. The van der Waals surface area contributed by atoms with Crippen molar-refractivity contribution >= 4 is 40.6 Å². The van der Waals surface area contributed by atoms with Gasteiger partial charge in [0, 0.05) is 10.5 Å². The highest BCUT2D eigenvalue weighted by Gasteiger charge is 2.25. The van der Waals surface area contributed by atoms with Crippen LogP contribution < -0.4 is 14.9 Å². The second-order valence-corrected chi connectivity index (χ2v) is 12.4. The summed E-state index contributed by atoms with van der Waals surface area (Å²) in [6, 6.07) is 10.4. The van der Waals surface area contributed by atoms with Crippen molar-refractivity contribution in [1.29, 1.82) is 0 Å². The molecule has 0 bridgehead atoms. The molecule has 0 fully saturated rings. The smallest absolute Gasteiger partial charge is 0.507 e. The summed E-state index contributed by atoms with van der Waals surface area (Å²) in [6.45, 7) is 3.85. The fourth-order valence-electron chi connectivity index (χ4n) is 5.01. The van der Waals surface area contributed by atoms with Crippen molar-refractivity contribution in [3.63, 3.8) is 0 Å². The van der Waals surface area contributed by atoms with Gasteiger partial charge in [-0.3, -0.25) is 9.59 Å². The van der Waals surface area contributed by atoms with E-state index in [4.69, 9.17) is 23.4 Å². The quantitative estimate of drug-likeness (QED) is 0.0320. The lowest BCUT2D eigenvalue weighted by Gasteiger charge is -2.18. The van der Waals surface area contributed by atoms with Gasteiger partial charge in [-0.15, -0.1) is 11.8 Å². The number of esters is 1. The fourth-order valence-corrected chi connectivity index (χ4v) is 6.08. The number of ketones is 1. The second-order valence-electron chi connectivity index (χ2n) is 11.1. The molecule has 12 nitrogen and oxygen atoms in total. The molecular weight excluding hydrogens is 668 g/mol. The lowest BCUT2D eigenvalue weighted by atomic mass is 10.0. The van der Waals surface area contributed by atoms with E-state index >= 15 is 0 Å². The van der Waals surface area contributed by atoms with Crippen LogP contribution in [0.5, 0.6) is 17.4 Å². The molecule has 264 valence electrons. The van der Waals surface area contributed by atoms with Gasteiger partial charge in [-0.1, -0.05) is 37.6 Å². The summed E-state index contributed by atoms with van der Waals surface area (Å²) in [5, 5.41) is 30.3. The number of phenolic OH excluding ortho intramolecular Hbond substituents is 1. The minimum Gasteiger partial charge on any atom is -0.507 e. The minimum absolute atomic E-state index is 0.0178. The summed E-state index contributed by atoms with van der Waals surface area (Å²) in [7, 11) is 1.24. The van der Waals surface area contributed by atoms with Gasteiger partial charge in [-0.2, -0.15) is 0 Å². The Balaban J connectivity index is 1.42. The number of rotatable bonds is 17. The third kappa shape index (κ3) is 9.89. The predicted molar refractivity (Wildman–Crippen MR) is 186 cm³/mol. The summed E-state index contributed by atoms with van der Waals surface area (Å²) in [5.41, 5.74) is 0.679. The Bertz CT molecular complexity index is 1940. The molecule has 0 amide bonds. The Morgan fingerprint density at radius 2 is 1.86 bits per heavy atom. The first-order chi connectivity index (χ1) is 24.0. The number of furan rings is 1. The average molecular weight is 707 g/mol. The Labute approximate surface area is 292 Å². The number of allylic oxidation sites excluding steroid dienone is 3. The lowest BCUT2D eigenvalue weighted by Crippen LogP contribution is -2.12. The highest BCUT2D eigenvalue weighted by molar-refractivity contribution is 8.00. The molecule has 0 spiro atoms. The van der Waals surface area contributed by atoms with Crippen LogP contribution in [0.4, 0.5) is 4.79 Å². The van der Waals surface area contributed by atoms with Crippen LogP contribution in [0.3, 0.4) is 0 Å². The summed E-state index contributed by atoms with van der Waals surface area (Å²) >= 11 is 1.22. The standard InChI is InChI=1S/C37H38O12S/c1-4-11-27-29(16-15-25(22(2)38)34(27)40)46-17-10-8-6-5-7-9-12-32(35(41)31-18-23(21-47-31)36(42)45-3)50-24-13-14-26-28(39)20-33(49-37(43)44)48-30(26)19-24/h5,7,9,12-16,18-21,32,35,40-41H,4,6,8,10-11,17H2,1-3H3,(H,43,44)/b7-5-,12-9+/t32-,35+/m0/s1.